The molecule has 27 heavy (non-hydrogen) atoms. The van der Waals surface area contributed by atoms with Crippen molar-refractivity contribution in [3.63, 3.8) is 0 Å². The van der Waals surface area contributed by atoms with Crippen molar-refractivity contribution in [2.45, 2.75) is 53.4 Å². The Kier molecular flexibility index (Phi) is 4.91. The predicted octanol–water partition coefficient (Wildman–Crippen LogP) is 7.02. The maximum Gasteiger partial charge on any atom is 0.158 e. The van der Waals surface area contributed by atoms with Gasteiger partial charge < -0.3 is 0 Å². The van der Waals surface area contributed by atoms with E-state index in [1.165, 1.54) is 25.8 Å². The number of rotatable bonds is 5. The summed E-state index contributed by atoms with van der Waals surface area (Å²) in [6.07, 6.45) is 2.24. The van der Waals surface area contributed by atoms with E-state index in [0.29, 0.717) is 5.92 Å². The number of fused-ring (bicyclic) bond motifs is 1. The first-order chi connectivity index (χ1) is 13.0. The van der Waals surface area contributed by atoms with Crippen molar-refractivity contribution in [1.29, 1.82) is 0 Å². The lowest BCUT2D eigenvalue weighted by Crippen LogP contribution is -2.05. The summed E-state index contributed by atoms with van der Waals surface area (Å²) in [4.78, 5) is 8.89. The highest BCUT2D eigenvalue weighted by molar-refractivity contribution is 7.23. The number of aromatic nitrogens is 3. The average molecular weight is 396 g/mol. The van der Waals surface area contributed by atoms with Crippen molar-refractivity contribution in [3.8, 4) is 20.3 Å². The van der Waals surface area contributed by atoms with Gasteiger partial charge in [0.2, 0.25) is 0 Å². The molecule has 4 rings (SSSR count). The number of hydrogen-bond donors (Lipinski definition) is 0. The van der Waals surface area contributed by atoms with Crippen molar-refractivity contribution in [3.05, 3.63) is 52.2 Å². The SMILES string of the molecule is CCC(CC)c1cc(C)nn2c(-c3sc(-c4cccs4)cc3C)c(C)nc12. The van der Waals surface area contributed by atoms with Gasteiger partial charge in [-0.15, -0.1) is 22.7 Å². The Balaban J connectivity index is 1.95. The molecule has 0 aromatic carbocycles. The van der Waals surface area contributed by atoms with Gasteiger partial charge in [0.15, 0.2) is 5.65 Å². The highest BCUT2D eigenvalue weighted by Crippen LogP contribution is 2.41. The van der Waals surface area contributed by atoms with Crippen molar-refractivity contribution < 1.29 is 0 Å². The Morgan fingerprint density at radius 3 is 2.52 bits per heavy atom. The molecule has 0 saturated heterocycles. The Morgan fingerprint density at radius 2 is 1.85 bits per heavy atom. The molecule has 0 fully saturated rings. The topological polar surface area (TPSA) is 30.2 Å². The van der Waals surface area contributed by atoms with Crippen molar-refractivity contribution in [2.24, 2.45) is 0 Å². The average Bonchev–Trinajstić information content (AvgIpc) is 3.35. The van der Waals surface area contributed by atoms with Crippen LogP contribution < -0.4 is 0 Å². The van der Waals surface area contributed by atoms with E-state index >= 15 is 0 Å². The minimum absolute atomic E-state index is 0.523. The minimum Gasteiger partial charge on any atom is -0.231 e. The molecule has 0 saturated carbocycles. The van der Waals surface area contributed by atoms with Crippen LogP contribution in [0.25, 0.3) is 26.0 Å². The second-order valence-electron chi connectivity index (χ2n) is 7.14. The molecule has 5 heteroatoms. The third-order valence-electron chi connectivity index (χ3n) is 5.23. The Hall–Kier alpha value is -1.98. The fourth-order valence-corrected chi connectivity index (χ4v) is 5.91. The molecule has 0 amide bonds. The van der Waals surface area contributed by atoms with Crippen LogP contribution in [0.2, 0.25) is 0 Å². The van der Waals surface area contributed by atoms with Gasteiger partial charge in [0.25, 0.3) is 0 Å². The van der Waals surface area contributed by atoms with Gasteiger partial charge >= 0.3 is 0 Å². The van der Waals surface area contributed by atoms with Gasteiger partial charge in [-0.25, -0.2) is 9.50 Å². The number of hydrogen-bond acceptors (Lipinski definition) is 4. The molecule has 0 aliphatic heterocycles. The van der Waals surface area contributed by atoms with E-state index in [9.17, 15) is 0 Å². The first kappa shape index (κ1) is 18.4. The molecule has 4 heterocycles. The fraction of sp³-hybridized carbons (Fsp3) is 0.364. The van der Waals surface area contributed by atoms with Gasteiger partial charge in [-0.05, 0) is 68.7 Å². The van der Waals surface area contributed by atoms with Crippen LogP contribution in [-0.2, 0) is 0 Å². The van der Waals surface area contributed by atoms with Crippen molar-refractivity contribution >= 4 is 28.3 Å². The third-order valence-corrected chi connectivity index (χ3v) is 7.54. The van der Waals surface area contributed by atoms with Crippen LogP contribution in [0.5, 0.6) is 0 Å². The van der Waals surface area contributed by atoms with Crippen LogP contribution in [-0.4, -0.2) is 14.6 Å². The van der Waals surface area contributed by atoms with Crippen LogP contribution in [0.1, 0.15) is 55.1 Å². The molecule has 0 aliphatic rings. The normalized spacial score (nSPS) is 11.8. The molecule has 3 nitrogen and oxygen atoms in total. The van der Waals surface area contributed by atoms with Gasteiger partial charge in [0, 0.05) is 15.3 Å². The van der Waals surface area contributed by atoms with E-state index in [0.717, 1.165) is 35.6 Å². The molecule has 0 aliphatic carbocycles. The first-order valence-electron chi connectivity index (χ1n) is 9.55. The van der Waals surface area contributed by atoms with Crippen LogP contribution in [0.3, 0.4) is 0 Å². The summed E-state index contributed by atoms with van der Waals surface area (Å²) in [5.41, 5.74) is 6.90. The second-order valence-corrected chi connectivity index (χ2v) is 9.14. The highest BCUT2D eigenvalue weighted by Gasteiger charge is 2.22. The lowest BCUT2D eigenvalue weighted by Gasteiger charge is -2.14. The Morgan fingerprint density at radius 1 is 1.07 bits per heavy atom. The molecule has 140 valence electrons. The standard InChI is InChI=1S/C22H25N3S2/c1-6-16(7-2)17-12-14(4)24-25-20(15(5)23-22(17)25)21-13(3)11-19(27-21)18-9-8-10-26-18/h8-12,16H,6-7H2,1-5H3. The number of imidazole rings is 1. The molecule has 0 radical (unpaired) electrons. The maximum absolute atomic E-state index is 4.97. The summed E-state index contributed by atoms with van der Waals surface area (Å²) in [6, 6.07) is 8.82. The van der Waals surface area contributed by atoms with Gasteiger partial charge in [0.1, 0.15) is 5.69 Å². The summed E-state index contributed by atoms with van der Waals surface area (Å²) in [7, 11) is 0. The van der Waals surface area contributed by atoms with Gasteiger partial charge in [-0.3, -0.25) is 0 Å². The maximum atomic E-state index is 4.97. The molecule has 0 atom stereocenters. The van der Waals surface area contributed by atoms with Crippen LogP contribution in [0.4, 0.5) is 0 Å². The van der Waals surface area contributed by atoms with E-state index in [1.54, 1.807) is 11.3 Å². The zero-order valence-corrected chi connectivity index (χ0v) is 18.2. The molecule has 0 bridgehead atoms. The molecule has 0 unspecified atom stereocenters. The Labute approximate surface area is 168 Å². The molecular weight excluding hydrogens is 370 g/mol. The second kappa shape index (κ2) is 7.21. The van der Waals surface area contributed by atoms with Crippen LogP contribution in [0.15, 0.2) is 29.6 Å². The fourth-order valence-electron chi connectivity index (χ4n) is 3.83. The largest absolute Gasteiger partial charge is 0.231 e. The molecule has 0 N–H and O–H groups in total. The summed E-state index contributed by atoms with van der Waals surface area (Å²) < 4.78 is 2.09. The quantitative estimate of drug-likeness (QED) is 0.363. The smallest absolute Gasteiger partial charge is 0.158 e. The molecular formula is C22H25N3S2. The first-order valence-corrected chi connectivity index (χ1v) is 11.2. The van der Waals surface area contributed by atoms with Gasteiger partial charge in [-0.1, -0.05) is 19.9 Å². The van der Waals surface area contributed by atoms with E-state index < -0.39 is 0 Å². The molecule has 4 aromatic heterocycles. The zero-order valence-electron chi connectivity index (χ0n) is 16.5. The summed E-state index contributed by atoms with van der Waals surface area (Å²) in [5, 5.41) is 7.00. The molecule has 0 spiro atoms. The van der Waals surface area contributed by atoms with Crippen molar-refractivity contribution in [1.82, 2.24) is 14.6 Å². The van der Waals surface area contributed by atoms with E-state index in [2.05, 4.69) is 68.8 Å². The predicted molar refractivity (Wildman–Crippen MR) is 117 cm³/mol. The van der Waals surface area contributed by atoms with Gasteiger partial charge in [-0.2, -0.15) is 5.10 Å². The highest BCUT2D eigenvalue weighted by atomic mass is 32.1. The number of thiophene rings is 2. The summed E-state index contributed by atoms with van der Waals surface area (Å²) in [5.74, 6) is 0.523. The third kappa shape index (κ3) is 3.13. The van der Waals surface area contributed by atoms with Crippen molar-refractivity contribution in [2.75, 3.05) is 0 Å². The van der Waals surface area contributed by atoms with Crippen LogP contribution in [0, 0.1) is 20.8 Å². The number of aryl methyl sites for hydroxylation is 3. The monoisotopic (exact) mass is 395 g/mol. The van der Waals surface area contributed by atoms with E-state index in [-0.39, 0.29) is 0 Å². The van der Waals surface area contributed by atoms with Gasteiger partial charge in [0.05, 0.1) is 16.3 Å². The zero-order chi connectivity index (χ0) is 19.1. The lowest BCUT2D eigenvalue weighted by atomic mass is 9.95. The number of nitrogens with zero attached hydrogens (tertiary/aromatic N) is 3. The van der Waals surface area contributed by atoms with Crippen LogP contribution >= 0.6 is 22.7 Å². The summed E-state index contributed by atoms with van der Waals surface area (Å²) in [6.45, 7) is 10.9. The van der Waals surface area contributed by atoms with E-state index in [1.807, 2.05) is 11.3 Å². The minimum atomic E-state index is 0.523. The van der Waals surface area contributed by atoms with E-state index in [4.69, 9.17) is 10.1 Å². The molecule has 4 aromatic rings. The Bertz CT molecular complexity index is 1080. The lowest BCUT2D eigenvalue weighted by molar-refractivity contribution is 0.638. The summed E-state index contributed by atoms with van der Waals surface area (Å²) >= 11 is 3.64.